The van der Waals surface area contributed by atoms with Gasteiger partial charge in [-0.2, -0.15) is 0 Å². The first-order valence-corrected chi connectivity index (χ1v) is 8.67. The summed E-state index contributed by atoms with van der Waals surface area (Å²) in [5.74, 6) is -2.53. The monoisotopic (exact) mass is 354 g/mol. The van der Waals surface area contributed by atoms with E-state index in [4.69, 9.17) is 0 Å². The van der Waals surface area contributed by atoms with Gasteiger partial charge in [-0.15, -0.1) is 0 Å². The van der Waals surface area contributed by atoms with Gasteiger partial charge in [-0.1, -0.05) is 13.8 Å². The molecule has 2 aliphatic heterocycles. The van der Waals surface area contributed by atoms with Gasteiger partial charge in [0.05, 0.1) is 0 Å². The molecule has 2 rings (SSSR count). The van der Waals surface area contributed by atoms with Gasteiger partial charge in [-0.05, 0) is 31.1 Å². The molecule has 2 saturated heterocycles. The second-order valence-electron chi connectivity index (χ2n) is 7.68. The van der Waals surface area contributed by atoms with Crippen molar-refractivity contribution in [2.24, 2.45) is 5.41 Å². The van der Waals surface area contributed by atoms with E-state index in [-0.39, 0.29) is 24.7 Å². The predicted octanol–water partition coefficient (Wildman–Crippen LogP) is 0.944. The molecule has 2 fully saturated rings. The summed E-state index contributed by atoms with van der Waals surface area (Å²) in [5.41, 5.74) is -0.661. The molecule has 0 aromatic rings. The Bertz CT molecular complexity index is 525. The molecule has 2 N–H and O–H groups in total. The molecule has 25 heavy (non-hydrogen) atoms. The fourth-order valence-electron chi connectivity index (χ4n) is 3.73. The largest absolute Gasteiger partial charge is 0.480 e. The Labute approximate surface area is 146 Å². The molecule has 0 spiro atoms. The zero-order valence-electron chi connectivity index (χ0n) is 14.7. The minimum atomic E-state index is -0.999. The van der Waals surface area contributed by atoms with E-state index in [2.05, 4.69) is 0 Å². The molecule has 8 heteroatoms. The van der Waals surface area contributed by atoms with E-state index in [1.807, 2.05) is 0 Å². The molecule has 0 aromatic carbocycles. The molecule has 2 atom stereocenters. The van der Waals surface area contributed by atoms with E-state index in [9.17, 15) is 29.4 Å². The number of rotatable bonds is 6. The van der Waals surface area contributed by atoms with Crippen molar-refractivity contribution >= 4 is 23.8 Å². The molecule has 0 unspecified atom stereocenters. The molecular weight excluding hydrogens is 328 g/mol. The van der Waals surface area contributed by atoms with Crippen LogP contribution in [-0.2, 0) is 19.2 Å². The number of aliphatic carboxylic acids is 2. The molecule has 2 heterocycles. The van der Waals surface area contributed by atoms with E-state index in [1.165, 1.54) is 9.80 Å². The van der Waals surface area contributed by atoms with Crippen LogP contribution in [0.5, 0.6) is 0 Å². The Kier molecular flexibility index (Phi) is 5.69. The molecule has 140 valence electrons. The highest BCUT2D eigenvalue weighted by Crippen LogP contribution is 2.31. The third kappa shape index (κ3) is 4.49. The second-order valence-corrected chi connectivity index (χ2v) is 7.68. The minimum absolute atomic E-state index is 0.0636. The maximum atomic E-state index is 12.5. The van der Waals surface area contributed by atoms with Crippen molar-refractivity contribution < 1.29 is 29.4 Å². The quantitative estimate of drug-likeness (QED) is 0.734. The van der Waals surface area contributed by atoms with Crippen LogP contribution >= 0.6 is 0 Å². The zero-order valence-corrected chi connectivity index (χ0v) is 14.7. The summed E-state index contributed by atoms with van der Waals surface area (Å²) in [4.78, 5) is 50.2. The number of amides is 2. The van der Waals surface area contributed by atoms with Gasteiger partial charge in [0.2, 0.25) is 11.8 Å². The lowest BCUT2D eigenvalue weighted by atomic mass is 9.84. The van der Waals surface area contributed by atoms with Crippen molar-refractivity contribution in [3.63, 3.8) is 0 Å². The Hall–Kier alpha value is -2.12. The van der Waals surface area contributed by atoms with E-state index in [1.54, 1.807) is 13.8 Å². The van der Waals surface area contributed by atoms with Gasteiger partial charge in [0.25, 0.3) is 0 Å². The standard InChI is InChI=1S/C17H26N2O6/c1-17(2,9-13(20)18-7-3-5-11(18)15(22)23)10-14(21)19-8-4-6-12(19)16(24)25/h11-12H,3-10H2,1-2H3,(H,22,23)(H,24,25)/t11-,12-/m0/s1. The third-order valence-corrected chi connectivity index (χ3v) is 4.98. The number of nitrogens with zero attached hydrogens (tertiary/aromatic N) is 2. The maximum Gasteiger partial charge on any atom is 0.326 e. The SMILES string of the molecule is CC(C)(CC(=O)N1CCC[C@H]1C(=O)O)CC(=O)N1CCC[C@H]1C(=O)O. The van der Waals surface area contributed by atoms with E-state index < -0.39 is 29.4 Å². The van der Waals surface area contributed by atoms with Crippen LogP contribution in [0.2, 0.25) is 0 Å². The number of likely N-dealkylation sites (tertiary alicyclic amines) is 2. The highest BCUT2D eigenvalue weighted by molar-refractivity contribution is 5.87. The predicted molar refractivity (Wildman–Crippen MR) is 87.8 cm³/mol. The van der Waals surface area contributed by atoms with Crippen LogP contribution in [0.3, 0.4) is 0 Å². The average Bonchev–Trinajstić information content (AvgIpc) is 3.15. The summed E-state index contributed by atoms with van der Waals surface area (Å²) >= 11 is 0. The van der Waals surface area contributed by atoms with Crippen molar-refractivity contribution in [2.75, 3.05) is 13.1 Å². The van der Waals surface area contributed by atoms with Crippen molar-refractivity contribution in [2.45, 2.75) is 64.5 Å². The van der Waals surface area contributed by atoms with Crippen LogP contribution in [0.1, 0.15) is 52.4 Å². The summed E-state index contributed by atoms with van der Waals surface area (Å²) in [6.45, 7) is 4.40. The first-order valence-electron chi connectivity index (χ1n) is 8.67. The number of hydrogen-bond acceptors (Lipinski definition) is 4. The van der Waals surface area contributed by atoms with Gasteiger partial charge in [0.15, 0.2) is 0 Å². The van der Waals surface area contributed by atoms with Gasteiger partial charge >= 0.3 is 11.9 Å². The molecule has 0 aromatic heterocycles. The molecule has 0 radical (unpaired) electrons. The normalized spacial score (nSPS) is 23.8. The van der Waals surface area contributed by atoms with Gasteiger partial charge in [0.1, 0.15) is 12.1 Å². The molecule has 8 nitrogen and oxygen atoms in total. The van der Waals surface area contributed by atoms with Crippen LogP contribution in [-0.4, -0.2) is 68.9 Å². The molecular formula is C17H26N2O6. The van der Waals surface area contributed by atoms with Crippen LogP contribution in [0.15, 0.2) is 0 Å². The first-order chi connectivity index (χ1) is 11.6. The fourth-order valence-corrected chi connectivity index (χ4v) is 3.73. The van der Waals surface area contributed by atoms with E-state index >= 15 is 0 Å². The van der Waals surface area contributed by atoms with Gasteiger partial charge < -0.3 is 20.0 Å². The van der Waals surface area contributed by atoms with Gasteiger partial charge in [0, 0.05) is 25.9 Å². The maximum absolute atomic E-state index is 12.5. The van der Waals surface area contributed by atoms with Crippen LogP contribution in [0.25, 0.3) is 0 Å². The number of hydrogen-bond donors (Lipinski definition) is 2. The number of carbonyl (C=O) groups is 4. The zero-order chi connectivity index (χ0) is 18.8. The fraction of sp³-hybridized carbons (Fsp3) is 0.765. The van der Waals surface area contributed by atoms with Crippen molar-refractivity contribution in [1.29, 1.82) is 0 Å². The topological polar surface area (TPSA) is 115 Å². The average molecular weight is 354 g/mol. The smallest absolute Gasteiger partial charge is 0.326 e. The Balaban J connectivity index is 1.96. The summed E-state index contributed by atoms with van der Waals surface area (Å²) in [6, 6.07) is -1.57. The summed E-state index contributed by atoms with van der Waals surface area (Å²) in [5, 5.41) is 18.4. The first kappa shape index (κ1) is 19.2. The summed E-state index contributed by atoms with van der Waals surface area (Å²) < 4.78 is 0. The van der Waals surface area contributed by atoms with Crippen molar-refractivity contribution in [1.82, 2.24) is 9.80 Å². The molecule has 0 bridgehead atoms. The lowest BCUT2D eigenvalue weighted by Crippen LogP contribution is -2.44. The van der Waals surface area contributed by atoms with Gasteiger partial charge in [-0.25, -0.2) is 9.59 Å². The lowest BCUT2D eigenvalue weighted by Gasteiger charge is -2.30. The highest BCUT2D eigenvalue weighted by Gasteiger charge is 2.39. The number of carboxylic acids is 2. The third-order valence-electron chi connectivity index (χ3n) is 4.98. The number of carbonyl (C=O) groups excluding carboxylic acids is 2. The van der Waals surface area contributed by atoms with Gasteiger partial charge in [-0.3, -0.25) is 9.59 Å². The van der Waals surface area contributed by atoms with Crippen molar-refractivity contribution in [3.05, 3.63) is 0 Å². The Morgan fingerprint density at radius 2 is 1.20 bits per heavy atom. The summed E-state index contributed by atoms with van der Waals surface area (Å²) in [6.07, 6.45) is 2.36. The molecule has 0 aliphatic carbocycles. The van der Waals surface area contributed by atoms with Crippen LogP contribution in [0.4, 0.5) is 0 Å². The summed E-state index contributed by atoms with van der Waals surface area (Å²) in [7, 11) is 0. The Morgan fingerprint density at radius 1 is 0.840 bits per heavy atom. The number of carboxylic acid groups (broad SMARTS) is 2. The molecule has 2 amide bonds. The molecule has 0 saturated carbocycles. The van der Waals surface area contributed by atoms with Crippen LogP contribution in [0, 0.1) is 5.41 Å². The molecule has 2 aliphatic rings. The van der Waals surface area contributed by atoms with Crippen molar-refractivity contribution in [3.8, 4) is 0 Å². The minimum Gasteiger partial charge on any atom is -0.480 e. The second kappa shape index (κ2) is 7.41. The lowest BCUT2D eigenvalue weighted by molar-refractivity contribution is -0.150. The van der Waals surface area contributed by atoms with E-state index in [0.29, 0.717) is 38.8 Å². The Morgan fingerprint density at radius 3 is 1.52 bits per heavy atom. The van der Waals surface area contributed by atoms with Crippen LogP contribution < -0.4 is 0 Å². The van der Waals surface area contributed by atoms with E-state index in [0.717, 1.165) is 0 Å². The highest BCUT2D eigenvalue weighted by atomic mass is 16.4.